The van der Waals surface area contributed by atoms with Crippen molar-refractivity contribution in [2.24, 2.45) is 0 Å². The molecule has 2 rings (SSSR count). The molecule has 0 N–H and O–H groups in total. The van der Waals surface area contributed by atoms with E-state index in [4.69, 9.17) is 8.85 Å². The maximum absolute atomic E-state index is 13.5. The molecule has 2 nitrogen and oxygen atoms in total. The highest BCUT2D eigenvalue weighted by molar-refractivity contribution is 6.92. The third-order valence-electron chi connectivity index (χ3n) is 4.05. The van der Waals surface area contributed by atoms with Crippen LogP contribution in [-0.4, -0.2) is 46.0 Å². The van der Waals surface area contributed by atoms with E-state index in [9.17, 15) is 43.9 Å². The third kappa shape index (κ3) is 5.57. The Morgan fingerprint density at radius 3 is 1.06 bits per heavy atom. The first-order valence-corrected chi connectivity index (χ1v) is 10.2. The van der Waals surface area contributed by atoms with Crippen LogP contribution in [-0.2, 0) is 8.85 Å². The average Bonchev–Trinajstić information content (AvgIpc) is 2.68. The maximum Gasteiger partial charge on any atom is 0.455 e. The molecule has 0 fully saturated rings. The second-order valence-electron chi connectivity index (χ2n) is 6.33. The fraction of sp³-hybridized carbons (Fsp3) is 0.333. The van der Waals surface area contributed by atoms with Crippen LogP contribution in [0.5, 0.6) is 0 Å². The third-order valence-corrected chi connectivity index (χ3v) is 7.34. The molecule has 0 bridgehead atoms. The maximum atomic E-state index is 13.5. The quantitative estimate of drug-likeness (QED) is 0.404. The summed E-state index contributed by atoms with van der Waals surface area (Å²) >= 11 is 0. The molecule has 0 saturated heterocycles. The van der Waals surface area contributed by atoms with Crippen LogP contribution in [0.3, 0.4) is 0 Å². The van der Waals surface area contributed by atoms with E-state index in [-0.39, 0.29) is 10.4 Å². The van der Waals surface area contributed by atoms with E-state index in [2.05, 4.69) is 0 Å². The Morgan fingerprint density at radius 1 is 0.516 bits per heavy atom. The van der Waals surface area contributed by atoms with E-state index in [0.717, 1.165) is 24.3 Å². The van der Waals surface area contributed by atoms with Gasteiger partial charge < -0.3 is 8.85 Å². The minimum absolute atomic E-state index is 0.239. The molecule has 0 atom stereocenters. The number of benzene rings is 2. The van der Waals surface area contributed by atoms with Crippen molar-refractivity contribution in [1.82, 2.24) is 0 Å². The van der Waals surface area contributed by atoms with Crippen molar-refractivity contribution in [2.45, 2.75) is 24.2 Å². The smallest absolute Gasteiger partial charge is 0.381 e. The SMILES string of the molecule is FC(F)(F)C(F)(F)CO[Si](OCC(F)(F)C(F)(F)F)(c1ccccc1)c1ccccc1. The summed E-state index contributed by atoms with van der Waals surface area (Å²) in [5.74, 6) is -10.8. The van der Waals surface area contributed by atoms with Gasteiger partial charge in [-0.1, -0.05) is 60.7 Å². The van der Waals surface area contributed by atoms with Crippen molar-refractivity contribution < 1.29 is 52.8 Å². The molecule has 0 unspecified atom stereocenters. The molecule has 0 aliphatic heterocycles. The highest BCUT2D eigenvalue weighted by Crippen LogP contribution is 2.38. The van der Waals surface area contributed by atoms with Crippen LogP contribution in [0.1, 0.15) is 0 Å². The summed E-state index contributed by atoms with van der Waals surface area (Å²) in [4.78, 5) is 0. The lowest BCUT2D eigenvalue weighted by Crippen LogP contribution is -2.66. The van der Waals surface area contributed by atoms with Crippen molar-refractivity contribution in [1.29, 1.82) is 0 Å². The number of rotatable bonds is 8. The summed E-state index contributed by atoms with van der Waals surface area (Å²) in [6, 6.07) is 12.4. The summed E-state index contributed by atoms with van der Waals surface area (Å²) < 4.78 is 140. The Balaban J connectivity index is 2.57. The number of hydrogen-bond acceptors (Lipinski definition) is 2. The van der Waals surface area contributed by atoms with Gasteiger partial charge >= 0.3 is 32.8 Å². The van der Waals surface area contributed by atoms with Gasteiger partial charge in [0.15, 0.2) is 0 Å². The Kier molecular flexibility index (Phi) is 7.12. The van der Waals surface area contributed by atoms with E-state index in [1.165, 1.54) is 36.4 Å². The summed E-state index contributed by atoms with van der Waals surface area (Å²) in [7, 11) is -4.88. The molecule has 0 aliphatic carbocycles. The van der Waals surface area contributed by atoms with Gasteiger partial charge in [-0.25, -0.2) is 0 Å². The monoisotopic (exact) mass is 480 g/mol. The normalized spacial score (nSPS) is 14.0. The molecule has 0 radical (unpaired) electrons. The van der Waals surface area contributed by atoms with Gasteiger partial charge in [0, 0.05) is 0 Å². The fourth-order valence-electron chi connectivity index (χ4n) is 2.41. The lowest BCUT2D eigenvalue weighted by atomic mass is 10.3. The van der Waals surface area contributed by atoms with Crippen molar-refractivity contribution >= 4 is 18.9 Å². The molecule has 13 heteroatoms. The van der Waals surface area contributed by atoms with Crippen molar-refractivity contribution in [3.8, 4) is 0 Å². The minimum atomic E-state index is -6.05. The molecule has 0 aliphatic rings. The molecular weight excluding hydrogens is 466 g/mol. The van der Waals surface area contributed by atoms with Crippen LogP contribution in [0.15, 0.2) is 60.7 Å². The molecule has 0 amide bonds. The van der Waals surface area contributed by atoms with Crippen molar-refractivity contribution in [3.05, 3.63) is 60.7 Å². The highest BCUT2D eigenvalue weighted by atomic mass is 28.4. The predicted octanol–water partition coefficient (Wildman–Crippen LogP) is 4.67. The van der Waals surface area contributed by atoms with E-state index in [1.54, 1.807) is 0 Å². The molecule has 0 aromatic heterocycles. The van der Waals surface area contributed by atoms with Crippen LogP contribution in [0.25, 0.3) is 0 Å². The number of halogens is 10. The standard InChI is InChI=1S/C18H14F10O2Si/c19-15(20,17(23,24)25)11-29-31(13-7-3-1-4-8-13,14-9-5-2-6-10-14)30-12-16(21,22)18(26,27)28/h1-10H,11-12H2. The molecule has 172 valence electrons. The Morgan fingerprint density at radius 2 is 0.806 bits per heavy atom. The van der Waals surface area contributed by atoms with E-state index < -0.39 is 46.0 Å². The lowest BCUT2D eigenvalue weighted by Gasteiger charge is -2.34. The second-order valence-corrected chi connectivity index (χ2v) is 9.30. The zero-order valence-electron chi connectivity index (χ0n) is 15.3. The van der Waals surface area contributed by atoms with E-state index in [1.807, 2.05) is 0 Å². The summed E-state index contributed by atoms with van der Waals surface area (Å²) in [5.41, 5.74) is 0. The highest BCUT2D eigenvalue weighted by Gasteiger charge is 2.62. The fourth-order valence-corrected chi connectivity index (χ4v) is 5.52. The van der Waals surface area contributed by atoms with Crippen LogP contribution in [0.2, 0.25) is 0 Å². The topological polar surface area (TPSA) is 18.5 Å². The zero-order chi connectivity index (χ0) is 23.6. The predicted molar refractivity (Wildman–Crippen MR) is 91.8 cm³/mol. The molecule has 0 saturated carbocycles. The zero-order valence-corrected chi connectivity index (χ0v) is 16.3. The number of alkyl halides is 10. The lowest BCUT2D eigenvalue weighted by molar-refractivity contribution is -0.295. The first-order valence-electron chi connectivity index (χ1n) is 8.40. The van der Waals surface area contributed by atoms with E-state index >= 15 is 0 Å². The number of hydrogen-bond donors (Lipinski definition) is 0. The Labute approximate surface area is 170 Å². The summed E-state index contributed by atoms with van der Waals surface area (Å²) in [5, 5.41) is -0.478. The molecule has 2 aromatic carbocycles. The van der Waals surface area contributed by atoms with Gasteiger partial charge in [-0.2, -0.15) is 43.9 Å². The van der Waals surface area contributed by atoms with Gasteiger partial charge in [-0.05, 0) is 10.4 Å². The Hall–Kier alpha value is -2.12. The van der Waals surface area contributed by atoms with Crippen molar-refractivity contribution in [2.75, 3.05) is 13.2 Å². The van der Waals surface area contributed by atoms with Gasteiger partial charge in [-0.15, -0.1) is 0 Å². The minimum Gasteiger partial charge on any atom is -0.381 e. The van der Waals surface area contributed by atoms with Gasteiger partial charge in [0.25, 0.3) is 0 Å². The summed E-state index contributed by atoms with van der Waals surface area (Å²) in [6.07, 6.45) is -12.1. The van der Waals surface area contributed by atoms with Crippen LogP contribution >= 0.6 is 0 Å². The first kappa shape index (κ1) is 25.1. The van der Waals surface area contributed by atoms with Crippen molar-refractivity contribution in [3.63, 3.8) is 0 Å². The average molecular weight is 480 g/mol. The van der Waals surface area contributed by atoms with Gasteiger partial charge in [0.05, 0.1) is 0 Å². The summed E-state index contributed by atoms with van der Waals surface area (Å²) in [6.45, 7) is -4.69. The van der Waals surface area contributed by atoms with Crippen LogP contribution in [0.4, 0.5) is 43.9 Å². The molecular formula is C18H14F10O2Si. The molecule has 0 spiro atoms. The molecule has 0 heterocycles. The van der Waals surface area contributed by atoms with Gasteiger partial charge in [0.1, 0.15) is 13.2 Å². The second kappa shape index (κ2) is 8.79. The van der Waals surface area contributed by atoms with E-state index in [0.29, 0.717) is 0 Å². The van der Waals surface area contributed by atoms with Gasteiger partial charge in [0.2, 0.25) is 0 Å². The first-order chi connectivity index (χ1) is 14.1. The largest absolute Gasteiger partial charge is 0.455 e. The Bertz CT molecular complexity index is 766. The van der Waals surface area contributed by atoms with Gasteiger partial charge in [-0.3, -0.25) is 0 Å². The molecule has 31 heavy (non-hydrogen) atoms. The van der Waals surface area contributed by atoms with Crippen LogP contribution in [0, 0.1) is 0 Å². The van der Waals surface area contributed by atoms with Crippen LogP contribution < -0.4 is 10.4 Å². The molecule has 2 aromatic rings.